The first kappa shape index (κ1) is 21.8. The molecule has 1 aromatic heterocycles. The highest BCUT2D eigenvalue weighted by Gasteiger charge is 2.35. The molecule has 0 amide bonds. The van der Waals surface area contributed by atoms with Gasteiger partial charge in [-0.3, -0.25) is 14.7 Å². The van der Waals surface area contributed by atoms with Gasteiger partial charge in [-0.1, -0.05) is 11.6 Å². The Hall–Kier alpha value is -1.90. The number of H-pyrrole nitrogens is 1. The van der Waals surface area contributed by atoms with Crippen molar-refractivity contribution in [2.24, 2.45) is 0 Å². The number of hydrogen-bond donors (Lipinski definition) is 1. The Morgan fingerprint density at radius 2 is 2.00 bits per heavy atom. The number of nitrogens with zero attached hydrogens (tertiary/aromatic N) is 1. The SMILES string of the molecule is CCOCc1c(S(C)(=O)=O)ccc(C(=O)c2c(C3CC3)[nH]n(C(C)C)c2=O)c1Cl. The number of hydrogen-bond acceptors (Lipinski definition) is 5. The van der Waals surface area contributed by atoms with Crippen LogP contribution in [0.4, 0.5) is 0 Å². The lowest BCUT2D eigenvalue weighted by Crippen LogP contribution is -2.24. The lowest BCUT2D eigenvalue weighted by Gasteiger charge is -2.13. The van der Waals surface area contributed by atoms with Gasteiger partial charge in [-0.2, -0.15) is 0 Å². The first-order chi connectivity index (χ1) is 13.6. The Morgan fingerprint density at radius 3 is 2.52 bits per heavy atom. The molecule has 2 aromatic rings. The first-order valence-corrected chi connectivity index (χ1v) is 11.8. The fourth-order valence-corrected chi connectivity index (χ4v) is 4.61. The van der Waals surface area contributed by atoms with Crippen LogP contribution in [0.3, 0.4) is 0 Å². The van der Waals surface area contributed by atoms with Gasteiger partial charge in [-0.25, -0.2) is 13.1 Å². The zero-order chi connectivity index (χ0) is 21.5. The van der Waals surface area contributed by atoms with E-state index in [2.05, 4.69) is 5.10 Å². The highest BCUT2D eigenvalue weighted by molar-refractivity contribution is 7.90. The molecule has 29 heavy (non-hydrogen) atoms. The molecule has 0 radical (unpaired) electrons. The van der Waals surface area contributed by atoms with Crippen LogP contribution < -0.4 is 5.56 Å². The molecule has 0 spiro atoms. The van der Waals surface area contributed by atoms with Crippen LogP contribution in [-0.2, 0) is 21.2 Å². The molecule has 1 aliphatic rings. The fraction of sp³-hybridized carbons (Fsp3) is 0.500. The van der Waals surface area contributed by atoms with E-state index in [4.69, 9.17) is 16.3 Å². The highest BCUT2D eigenvalue weighted by Crippen LogP contribution is 2.41. The molecule has 0 atom stereocenters. The van der Waals surface area contributed by atoms with E-state index in [-0.39, 0.29) is 50.7 Å². The van der Waals surface area contributed by atoms with Gasteiger partial charge in [0.05, 0.1) is 22.2 Å². The second kappa shape index (κ2) is 8.08. The maximum Gasteiger partial charge on any atom is 0.278 e. The van der Waals surface area contributed by atoms with E-state index in [1.807, 2.05) is 13.8 Å². The number of aromatic nitrogens is 2. The second-order valence-electron chi connectivity index (χ2n) is 7.59. The van der Waals surface area contributed by atoms with Crippen LogP contribution in [0.1, 0.15) is 72.8 Å². The molecule has 0 unspecified atom stereocenters. The fourth-order valence-electron chi connectivity index (χ4n) is 3.32. The molecule has 0 bridgehead atoms. The summed E-state index contributed by atoms with van der Waals surface area (Å²) in [5.74, 6) is -0.353. The van der Waals surface area contributed by atoms with Gasteiger partial charge in [0.25, 0.3) is 5.56 Å². The number of sulfone groups is 1. The number of nitrogens with one attached hydrogen (secondary N) is 1. The third kappa shape index (κ3) is 4.20. The van der Waals surface area contributed by atoms with E-state index >= 15 is 0 Å². The molecule has 1 heterocycles. The number of rotatable bonds is 8. The number of carbonyl (C=O) groups is 1. The van der Waals surface area contributed by atoms with Crippen LogP contribution in [0, 0.1) is 0 Å². The lowest BCUT2D eigenvalue weighted by molar-refractivity contribution is 0.103. The van der Waals surface area contributed by atoms with E-state index in [9.17, 15) is 18.0 Å². The summed E-state index contributed by atoms with van der Waals surface area (Å²) in [5.41, 5.74) is 0.652. The minimum atomic E-state index is -3.57. The quantitative estimate of drug-likeness (QED) is 0.634. The molecule has 158 valence electrons. The predicted molar refractivity (Wildman–Crippen MR) is 111 cm³/mol. The number of carbonyl (C=O) groups excluding carboxylic acids is 1. The number of ether oxygens (including phenoxy) is 1. The van der Waals surface area contributed by atoms with E-state index < -0.39 is 15.6 Å². The van der Waals surface area contributed by atoms with E-state index in [0.29, 0.717) is 12.3 Å². The van der Waals surface area contributed by atoms with Gasteiger partial charge < -0.3 is 4.74 Å². The van der Waals surface area contributed by atoms with Gasteiger partial charge in [-0.05, 0) is 45.7 Å². The second-order valence-corrected chi connectivity index (χ2v) is 9.95. The Labute approximate surface area is 174 Å². The van der Waals surface area contributed by atoms with Crippen LogP contribution in [-0.4, -0.2) is 36.8 Å². The van der Waals surface area contributed by atoms with Gasteiger partial charge in [0.15, 0.2) is 9.84 Å². The molecule has 0 aliphatic heterocycles. The highest BCUT2D eigenvalue weighted by atomic mass is 35.5. The van der Waals surface area contributed by atoms with Crippen molar-refractivity contribution >= 4 is 27.2 Å². The van der Waals surface area contributed by atoms with Crippen molar-refractivity contribution in [1.29, 1.82) is 0 Å². The van der Waals surface area contributed by atoms with Crippen LogP contribution >= 0.6 is 11.6 Å². The van der Waals surface area contributed by atoms with Gasteiger partial charge in [0, 0.05) is 35.9 Å². The third-order valence-electron chi connectivity index (χ3n) is 4.97. The summed E-state index contributed by atoms with van der Waals surface area (Å²) in [6, 6.07) is 2.60. The molecule has 9 heteroatoms. The van der Waals surface area contributed by atoms with Gasteiger partial charge >= 0.3 is 0 Å². The minimum absolute atomic E-state index is 0.00446. The third-order valence-corrected chi connectivity index (χ3v) is 6.58. The number of aromatic amines is 1. The number of ketones is 1. The molecule has 1 aromatic carbocycles. The van der Waals surface area contributed by atoms with Crippen LogP contribution in [0.5, 0.6) is 0 Å². The summed E-state index contributed by atoms with van der Waals surface area (Å²) >= 11 is 6.49. The Bertz CT molecular complexity index is 1110. The summed E-state index contributed by atoms with van der Waals surface area (Å²) in [7, 11) is -3.57. The van der Waals surface area contributed by atoms with E-state index in [0.717, 1.165) is 19.1 Å². The molecule has 1 N–H and O–H groups in total. The Kier molecular flexibility index (Phi) is 6.08. The predicted octanol–water partition coefficient (Wildman–Crippen LogP) is 3.46. The summed E-state index contributed by atoms with van der Waals surface area (Å²) in [4.78, 5) is 26.3. The largest absolute Gasteiger partial charge is 0.377 e. The molecule has 3 rings (SSSR count). The number of halogens is 1. The van der Waals surface area contributed by atoms with Crippen molar-refractivity contribution in [3.05, 3.63) is 49.9 Å². The van der Waals surface area contributed by atoms with Crippen molar-refractivity contribution in [3.8, 4) is 0 Å². The van der Waals surface area contributed by atoms with Crippen molar-refractivity contribution in [2.75, 3.05) is 12.9 Å². The van der Waals surface area contributed by atoms with Crippen LogP contribution in [0.15, 0.2) is 21.8 Å². The van der Waals surface area contributed by atoms with Crippen molar-refractivity contribution in [3.63, 3.8) is 0 Å². The Morgan fingerprint density at radius 1 is 1.34 bits per heavy atom. The molecular weight excluding hydrogens is 416 g/mol. The lowest BCUT2D eigenvalue weighted by atomic mass is 10.00. The van der Waals surface area contributed by atoms with Gasteiger partial charge in [0.2, 0.25) is 5.78 Å². The molecule has 1 fully saturated rings. The Balaban J connectivity index is 2.17. The van der Waals surface area contributed by atoms with Crippen molar-refractivity contribution < 1.29 is 17.9 Å². The van der Waals surface area contributed by atoms with Crippen LogP contribution in [0.2, 0.25) is 5.02 Å². The topological polar surface area (TPSA) is 98.2 Å². The zero-order valence-corrected chi connectivity index (χ0v) is 18.5. The van der Waals surface area contributed by atoms with E-state index in [1.54, 1.807) is 6.92 Å². The maximum atomic E-state index is 13.4. The summed E-state index contributed by atoms with van der Waals surface area (Å²) in [6.45, 7) is 5.81. The average Bonchev–Trinajstić information content (AvgIpc) is 3.41. The smallest absolute Gasteiger partial charge is 0.278 e. The van der Waals surface area contributed by atoms with Gasteiger partial charge in [0.1, 0.15) is 5.56 Å². The summed E-state index contributed by atoms with van der Waals surface area (Å²) in [6.07, 6.45) is 2.90. The molecule has 0 saturated heterocycles. The van der Waals surface area contributed by atoms with Crippen molar-refractivity contribution in [1.82, 2.24) is 9.78 Å². The average molecular weight is 441 g/mol. The van der Waals surface area contributed by atoms with Crippen LogP contribution in [0.25, 0.3) is 0 Å². The molecule has 1 aliphatic carbocycles. The molecular formula is C20H25ClN2O5S. The standard InChI is InChI=1S/C20H25ClN2O5S/c1-5-28-10-14-15(29(4,26)27)9-8-13(17(14)21)19(24)16-18(12-6-7-12)22-23(11(2)3)20(16)25/h8-9,11-12,22H,5-7,10H2,1-4H3. The van der Waals surface area contributed by atoms with E-state index in [1.165, 1.54) is 16.8 Å². The normalized spacial score (nSPS) is 14.6. The maximum absolute atomic E-state index is 13.4. The van der Waals surface area contributed by atoms with Gasteiger partial charge in [-0.15, -0.1) is 0 Å². The molecule has 7 nitrogen and oxygen atoms in total. The van der Waals surface area contributed by atoms with Crippen molar-refractivity contribution in [2.45, 2.75) is 57.1 Å². The summed E-state index contributed by atoms with van der Waals surface area (Å²) < 4.78 is 31.1. The zero-order valence-electron chi connectivity index (χ0n) is 16.9. The minimum Gasteiger partial charge on any atom is -0.377 e. The number of benzene rings is 1. The first-order valence-electron chi connectivity index (χ1n) is 9.56. The molecule has 1 saturated carbocycles. The monoisotopic (exact) mass is 440 g/mol. The summed E-state index contributed by atoms with van der Waals surface area (Å²) in [5, 5.41) is 3.09.